The van der Waals surface area contributed by atoms with Gasteiger partial charge in [0.15, 0.2) is 0 Å². The molecular formula is C14H16BrFN2S. The van der Waals surface area contributed by atoms with Gasteiger partial charge in [0.2, 0.25) is 0 Å². The van der Waals surface area contributed by atoms with Crippen LogP contribution >= 0.6 is 27.3 Å². The zero-order valence-electron chi connectivity index (χ0n) is 10.6. The fraction of sp³-hybridized carbons (Fsp3) is 0.286. The maximum atomic E-state index is 13.4. The lowest BCUT2D eigenvalue weighted by atomic mass is 10.0. The number of hydrogen-bond donors (Lipinski definition) is 2. The number of thiophene rings is 1. The predicted octanol–water partition coefficient (Wildman–Crippen LogP) is 3.96. The van der Waals surface area contributed by atoms with Crippen LogP contribution < -0.4 is 11.3 Å². The van der Waals surface area contributed by atoms with Gasteiger partial charge in [-0.05, 0) is 42.3 Å². The minimum Gasteiger partial charge on any atom is -0.271 e. The largest absolute Gasteiger partial charge is 0.271 e. The zero-order chi connectivity index (χ0) is 13.8. The second kappa shape index (κ2) is 6.61. The summed E-state index contributed by atoms with van der Waals surface area (Å²) >= 11 is 5.08. The molecule has 102 valence electrons. The van der Waals surface area contributed by atoms with E-state index in [1.165, 1.54) is 21.9 Å². The topological polar surface area (TPSA) is 38.0 Å². The fourth-order valence-corrected chi connectivity index (χ4v) is 3.46. The van der Waals surface area contributed by atoms with E-state index in [0.717, 1.165) is 22.9 Å². The van der Waals surface area contributed by atoms with E-state index in [0.29, 0.717) is 0 Å². The minimum atomic E-state index is -0.259. The second-order valence-corrected chi connectivity index (χ2v) is 6.52. The number of hydrogen-bond acceptors (Lipinski definition) is 3. The van der Waals surface area contributed by atoms with E-state index in [4.69, 9.17) is 5.84 Å². The van der Waals surface area contributed by atoms with Crippen LogP contribution in [-0.2, 0) is 12.8 Å². The molecule has 0 spiro atoms. The van der Waals surface area contributed by atoms with Crippen molar-refractivity contribution in [2.75, 3.05) is 0 Å². The van der Waals surface area contributed by atoms with Gasteiger partial charge < -0.3 is 0 Å². The highest BCUT2D eigenvalue weighted by Crippen LogP contribution is 2.26. The molecule has 2 nitrogen and oxygen atoms in total. The Morgan fingerprint density at radius 2 is 2.05 bits per heavy atom. The summed E-state index contributed by atoms with van der Waals surface area (Å²) in [6.07, 6.45) is 1.80. The van der Waals surface area contributed by atoms with Crippen molar-refractivity contribution in [3.63, 3.8) is 0 Å². The lowest BCUT2D eigenvalue weighted by molar-refractivity contribution is 0.547. The summed E-state index contributed by atoms with van der Waals surface area (Å²) in [6, 6.07) is 9.01. The third-order valence-electron chi connectivity index (χ3n) is 2.96. The van der Waals surface area contributed by atoms with Gasteiger partial charge in [0.05, 0.1) is 6.04 Å². The number of aryl methyl sites for hydroxylation is 1. The molecule has 5 heteroatoms. The molecule has 1 atom stereocenters. The zero-order valence-corrected chi connectivity index (χ0v) is 13.0. The van der Waals surface area contributed by atoms with Crippen LogP contribution in [0.5, 0.6) is 0 Å². The third-order valence-corrected chi connectivity index (χ3v) is 4.67. The molecule has 19 heavy (non-hydrogen) atoms. The Balaban J connectivity index is 2.19. The normalized spacial score (nSPS) is 12.6. The second-order valence-electron chi connectivity index (χ2n) is 4.35. The fourth-order valence-electron chi connectivity index (χ4n) is 1.97. The van der Waals surface area contributed by atoms with Gasteiger partial charge in [-0.1, -0.05) is 22.9 Å². The van der Waals surface area contributed by atoms with Gasteiger partial charge >= 0.3 is 0 Å². The van der Waals surface area contributed by atoms with Crippen LogP contribution in [0.3, 0.4) is 0 Å². The number of halogens is 2. The highest BCUT2D eigenvalue weighted by molar-refractivity contribution is 9.10. The Labute approximate surface area is 124 Å². The third kappa shape index (κ3) is 3.86. The summed E-state index contributed by atoms with van der Waals surface area (Å²) in [7, 11) is 0. The van der Waals surface area contributed by atoms with Crippen molar-refractivity contribution in [1.82, 2.24) is 5.43 Å². The van der Waals surface area contributed by atoms with Gasteiger partial charge in [-0.25, -0.2) is 4.39 Å². The lowest BCUT2D eigenvalue weighted by Crippen LogP contribution is -2.29. The van der Waals surface area contributed by atoms with Crippen LogP contribution in [0.2, 0.25) is 0 Å². The molecule has 1 aromatic carbocycles. The quantitative estimate of drug-likeness (QED) is 0.637. The minimum absolute atomic E-state index is 0.0876. The summed E-state index contributed by atoms with van der Waals surface area (Å²) in [4.78, 5) is 2.60. The summed E-state index contributed by atoms with van der Waals surface area (Å²) in [5.74, 6) is 5.35. The van der Waals surface area contributed by atoms with Crippen molar-refractivity contribution >= 4 is 27.3 Å². The molecule has 1 unspecified atom stereocenters. The molecule has 0 fully saturated rings. The Morgan fingerprint density at radius 1 is 1.32 bits per heavy atom. The first kappa shape index (κ1) is 14.7. The van der Waals surface area contributed by atoms with E-state index in [-0.39, 0.29) is 11.9 Å². The maximum absolute atomic E-state index is 13.4. The molecule has 0 bridgehead atoms. The molecule has 0 aliphatic rings. The molecule has 0 aliphatic heterocycles. The van der Waals surface area contributed by atoms with E-state index >= 15 is 0 Å². The van der Waals surface area contributed by atoms with Crippen LogP contribution in [0, 0.1) is 5.82 Å². The van der Waals surface area contributed by atoms with Crippen LogP contribution in [-0.4, -0.2) is 0 Å². The van der Waals surface area contributed by atoms with Crippen molar-refractivity contribution in [3.8, 4) is 0 Å². The van der Waals surface area contributed by atoms with E-state index in [1.54, 1.807) is 11.3 Å². The molecule has 2 aromatic rings. The Bertz CT molecular complexity index is 536. The molecule has 1 aromatic heterocycles. The van der Waals surface area contributed by atoms with Crippen LogP contribution in [0.25, 0.3) is 0 Å². The van der Waals surface area contributed by atoms with Gasteiger partial charge in [0.1, 0.15) is 5.82 Å². The highest BCUT2D eigenvalue weighted by atomic mass is 79.9. The molecule has 3 N–H and O–H groups in total. The number of hydrazine groups is 1. The molecule has 2 rings (SSSR count). The monoisotopic (exact) mass is 342 g/mol. The van der Waals surface area contributed by atoms with Gasteiger partial charge in [-0.15, -0.1) is 11.3 Å². The number of nitrogens with two attached hydrogens (primary N) is 1. The van der Waals surface area contributed by atoms with Gasteiger partial charge in [0, 0.05) is 20.6 Å². The summed E-state index contributed by atoms with van der Waals surface area (Å²) in [5, 5.41) is 0. The van der Waals surface area contributed by atoms with Crippen LogP contribution in [0.15, 0.2) is 34.8 Å². The number of benzene rings is 1. The van der Waals surface area contributed by atoms with Crippen molar-refractivity contribution in [1.29, 1.82) is 0 Å². The van der Waals surface area contributed by atoms with Crippen LogP contribution in [0.4, 0.5) is 4.39 Å². The summed E-state index contributed by atoms with van der Waals surface area (Å²) in [5.41, 5.74) is 3.62. The maximum Gasteiger partial charge on any atom is 0.124 e. The van der Waals surface area contributed by atoms with E-state index < -0.39 is 0 Å². The van der Waals surface area contributed by atoms with E-state index in [1.807, 2.05) is 6.07 Å². The lowest BCUT2D eigenvalue weighted by Gasteiger charge is -2.16. The number of rotatable bonds is 5. The Hall–Kier alpha value is -0.750. The van der Waals surface area contributed by atoms with Gasteiger partial charge in [0.25, 0.3) is 0 Å². The molecule has 0 aliphatic carbocycles. The molecule has 0 amide bonds. The highest BCUT2D eigenvalue weighted by Gasteiger charge is 2.13. The molecule has 0 saturated heterocycles. The number of nitrogens with one attached hydrogen (secondary N) is 1. The first-order chi connectivity index (χ1) is 9.12. The Morgan fingerprint density at radius 3 is 2.63 bits per heavy atom. The first-order valence-corrected chi connectivity index (χ1v) is 7.73. The standard InChI is InChI=1S/C14H16BrFN2S/c1-2-12-3-4-13(19-12)8-14(18-17)9-5-10(15)7-11(16)6-9/h3-7,14,18H,2,8,17H2,1H3. The molecular weight excluding hydrogens is 327 g/mol. The van der Waals surface area contributed by atoms with E-state index in [2.05, 4.69) is 40.4 Å². The van der Waals surface area contributed by atoms with E-state index in [9.17, 15) is 4.39 Å². The molecule has 0 radical (unpaired) electrons. The van der Waals surface area contributed by atoms with Crippen molar-refractivity contribution in [3.05, 3.63) is 55.9 Å². The molecule has 1 heterocycles. The average molecular weight is 343 g/mol. The van der Waals surface area contributed by atoms with Gasteiger partial charge in [-0.2, -0.15) is 0 Å². The predicted molar refractivity (Wildman–Crippen MR) is 81.6 cm³/mol. The Kier molecular flexibility index (Phi) is 5.10. The average Bonchev–Trinajstić information content (AvgIpc) is 2.82. The van der Waals surface area contributed by atoms with Crippen molar-refractivity contribution < 1.29 is 4.39 Å². The molecule has 0 saturated carbocycles. The smallest absolute Gasteiger partial charge is 0.124 e. The van der Waals surface area contributed by atoms with Crippen molar-refractivity contribution in [2.24, 2.45) is 5.84 Å². The van der Waals surface area contributed by atoms with Crippen LogP contribution in [0.1, 0.15) is 28.3 Å². The first-order valence-electron chi connectivity index (χ1n) is 6.12. The SMILES string of the molecule is CCc1ccc(CC(NN)c2cc(F)cc(Br)c2)s1. The van der Waals surface area contributed by atoms with Crippen molar-refractivity contribution in [2.45, 2.75) is 25.8 Å². The summed E-state index contributed by atoms with van der Waals surface area (Å²) in [6.45, 7) is 2.14. The van der Waals surface area contributed by atoms with Gasteiger partial charge in [-0.3, -0.25) is 11.3 Å². The summed E-state index contributed by atoms with van der Waals surface area (Å²) < 4.78 is 14.2.